The van der Waals surface area contributed by atoms with Crippen molar-refractivity contribution in [2.75, 3.05) is 56.3 Å². The first-order valence-corrected chi connectivity index (χ1v) is 10.9. The van der Waals surface area contributed by atoms with Gasteiger partial charge in [-0.05, 0) is 25.0 Å². The molecule has 0 aliphatic carbocycles. The van der Waals surface area contributed by atoms with Crippen LogP contribution in [0.1, 0.15) is 29.2 Å². The highest BCUT2D eigenvalue weighted by atomic mass is 16.5. The van der Waals surface area contributed by atoms with Crippen molar-refractivity contribution in [1.29, 1.82) is 0 Å². The summed E-state index contributed by atoms with van der Waals surface area (Å²) in [6.07, 6.45) is 2.25. The summed E-state index contributed by atoms with van der Waals surface area (Å²) in [6.45, 7) is 4.79. The number of methoxy groups -OCH3 is 1. The number of hydrogen-bond donors (Lipinski definition) is 1. The summed E-state index contributed by atoms with van der Waals surface area (Å²) in [4.78, 5) is 31.0. The van der Waals surface area contributed by atoms with Gasteiger partial charge < -0.3 is 29.0 Å². The number of anilines is 2. The van der Waals surface area contributed by atoms with E-state index in [4.69, 9.17) is 18.9 Å². The third-order valence-electron chi connectivity index (χ3n) is 5.70. The highest BCUT2D eigenvalue weighted by Gasteiger charge is 2.22. The maximum absolute atomic E-state index is 12.8. The molecule has 0 saturated carbocycles. The molecule has 168 valence electrons. The lowest BCUT2D eigenvalue weighted by Gasteiger charge is -2.28. The molecule has 3 aromatic rings. The number of rotatable bonds is 6. The van der Waals surface area contributed by atoms with Gasteiger partial charge in [-0.1, -0.05) is 12.1 Å². The van der Waals surface area contributed by atoms with E-state index in [9.17, 15) is 4.79 Å². The number of benzene rings is 1. The Kier molecular flexibility index (Phi) is 5.76. The first-order chi connectivity index (χ1) is 15.7. The van der Waals surface area contributed by atoms with E-state index in [1.165, 1.54) is 0 Å². The minimum absolute atomic E-state index is 0.174. The van der Waals surface area contributed by atoms with Gasteiger partial charge in [-0.3, -0.25) is 4.79 Å². The Morgan fingerprint density at radius 3 is 2.50 bits per heavy atom. The van der Waals surface area contributed by atoms with E-state index in [0.29, 0.717) is 42.3 Å². The highest BCUT2D eigenvalue weighted by molar-refractivity contribution is 5.97. The molecule has 1 N–H and O–H groups in total. The molecule has 10 nitrogen and oxygen atoms in total. The van der Waals surface area contributed by atoms with E-state index >= 15 is 0 Å². The Hall–Kier alpha value is -3.40. The molecule has 4 heterocycles. The minimum atomic E-state index is -0.334. The van der Waals surface area contributed by atoms with Gasteiger partial charge in [0.1, 0.15) is 0 Å². The third-order valence-corrected chi connectivity index (χ3v) is 5.70. The number of aromatic nitrogens is 3. The number of para-hydroxylation sites is 1. The van der Waals surface area contributed by atoms with Gasteiger partial charge >= 0.3 is 0 Å². The molecule has 1 aromatic carbocycles. The standard InChI is InChI=1S/C22H26N6O4/c1-30-16-6-4-5-15-13-17(32-19(15)16)20(29)23-14-18-24-21(27-7-2-3-8-27)26-22(25-18)28-9-11-31-12-10-28/h4-6,13H,2-3,7-12,14H2,1H3,(H,23,29). The lowest BCUT2D eigenvalue weighted by atomic mass is 10.2. The number of amides is 1. The van der Waals surface area contributed by atoms with Gasteiger partial charge in [0, 0.05) is 31.6 Å². The number of hydrogen-bond acceptors (Lipinski definition) is 9. The van der Waals surface area contributed by atoms with Gasteiger partial charge in [-0.2, -0.15) is 15.0 Å². The fourth-order valence-corrected chi connectivity index (χ4v) is 3.99. The van der Waals surface area contributed by atoms with Crippen molar-refractivity contribution < 1.29 is 18.7 Å². The molecule has 2 aliphatic heterocycles. The zero-order valence-corrected chi connectivity index (χ0v) is 18.0. The van der Waals surface area contributed by atoms with Gasteiger partial charge in [-0.15, -0.1) is 0 Å². The van der Waals surface area contributed by atoms with Crippen molar-refractivity contribution in [2.24, 2.45) is 0 Å². The summed E-state index contributed by atoms with van der Waals surface area (Å²) in [7, 11) is 1.57. The number of fused-ring (bicyclic) bond motifs is 1. The van der Waals surface area contributed by atoms with Crippen LogP contribution in [-0.2, 0) is 11.3 Å². The second-order valence-electron chi connectivity index (χ2n) is 7.82. The van der Waals surface area contributed by atoms with Crippen molar-refractivity contribution in [3.8, 4) is 5.75 Å². The van der Waals surface area contributed by atoms with Crippen LogP contribution in [-0.4, -0.2) is 67.4 Å². The Balaban J connectivity index is 1.35. The van der Waals surface area contributed by atoms with Crippen LogP contribution in [0.15, 0.2) is 28.7 Å². The van der Waals surface area contributed by atoms with E-state index in [1.807, 2.05) is 12.1 Å². The van der Waals surface area contributed by atoms with E-state index < -0.39 is 0 Å². The van der Waals surface area contributed by atoms with Gasteiger partial charge in [0.15, 0.2) is 22.9 Å². The van der Waals surface area contributed by atoms with Crippen molar-refractivity contribution >= 4 is 28.8 Å². The lowest BCUT2D eigenvalue weighted by molar-refractivity contribution is 0.0924. The number of carbonyl (C=O) groups excluding carboxylic acids is 1. The molecule has 10 heteroatoms. The first-order valence-electron chi connectivity index (χ1n) is 10.9. The van der Waals surface area contributed by atoms with Gasteiger partial charge in [-0.25, -0.2) is 0 Å². The molecular formula is C22H26N6O4. The fraction of sp³-hybridized carbons (Fsp3) is 0.455. The molecule has 0 radical (unpaired) electrons. The van der Waals surface area contributed by atoms with Crippen molar-refractivity contribution in [3.05, 3.63) is 35.9 Å². The topological polar surface area (TPSA) is 106 Å². The number of nitrogens with zero attached hydrogens (tertiary/aromatic N) is 5. The Morgan fingerprint density at radius 2 is 1.78 bits per heavy atom. The summed E-state index contributed by atoms with van der Waals surface area (Å²) in [6, 6.07) is 7.23. The van der Waals surface area contributed by atoms with E-state index in [-0.39, 0.29) is 18.2 Å². The second kappa shape index (κ2) is 8.99. The Morgan fingerprint density at radius 1 is 1.06 bits per heavy atom. The van der Waals surface area contributed by atoms with Crippen LogP contribution >= 0.6 is 0 Å². The number of nitrogens with one attached hydrogen (secondary N) is 1. The number of morpholine rings is 1. The molecule has 2 saturated heterocycles. The maximum Gasteiger partial charge on any atom is 0.287 e. The predicted molar refractivity (Wildman–Crippen MR) is 118 cm³/mol. The second-order valence-corrected chi connectivity index (χ2v) is 7.82. The lowest BCUT2D eigenvalue weighted by Crippen LogP contribution is -2.38. The molecule has 1 amide bonds. The van der Waals surface area contributed by atoms with Crippen LogP contribution < -0.4 is 19.9 Å². The summed E-state index contributed by atoms with van der Waals surface area (Å²) in [5, 5.41) is 3.68. The van der Waals surface area contributed by atoms with Crippen LogP contribution in [0.25, 0.3) is 11.0 Å². The van der Waals surface area contributed by atoms with Crippen LogP contribution in [0.5, 0.6) is 5.75 Å². The van der Waals surface area contributed by atoms with Crippen LogP contribution in [0.2, 0.25) is 0 Å². The van der Waals surface area contributed by atoms with Crippen LogP contribution in [0.4, 0.5) is 11.9 Å². The van der Waals surface area contributed by atoms with Crippen LogP contribution in [0, 0.1) is 0 Å². The molecule has 0 bridgehead atoms. The molecule has 32 heavy (non-hydrogen) atoms. The smallest absolute Gasteiger partial charge is 0.287 e. The Bertz CT molecular complexity index is 1100. The van der Waals surface area contributed by atoms with E-state index in [0.717, 1.165) is 44.4 Å². The highest BCUT2D eigenvalue weighted by Crippen LogP contribution is 2.28. The van der Waals surface area contributed by atoms with Crippen molar-refractivity contribution in [1.82, 2.24) is 20.3 Å². The summed E-state index contributed by atoms with van der Waals surface area (Å²) in [5.74, 6) is 2.28. The average Bonchev–Trinajstić information content (AvgIpc) is 3.53. The number of ether oxygens (including phenoxy) is 2. The van der Waals surface area contributed by atoms with Crippen molar-refractivity contribution in [3.63, 3.8) is 0 Å². The molecule has 2 aliphatic rings. The minimum Gasteiger partial charge on any atom is -0.493 e. The average molecular weight is 438 g/mol. The quantitative estimate of drug-likeness (QED) is 0.618. The van der Waals surface area contributed by atoms with Gasteiger partial charge in [0.2, 0.25) is 11.9 Å². The fourth-order valence-electron chi connectivity index (χ4n) is 3.99. The predicted octanol–water partition coefficient (Wildman–Crippen LogP) is 1.99. The summed E-state index contributed by atoms with van der Waals surface area (Å²) >= 11 is 0. The first kappa shape index (κ1) is 20.5. The summed E-state index contributed by atoms with van der Waals surface area (Å²) < 4.78 is 16.5. The summed E-state index contributed by atoms with van der Waals surface area (Å²) in [5.41, 5.74) is 0.547. The van der Waals surface area contributed by atoms with Crippen molar-refractivity contribution in [2.45, 2.75) is 19.4 Å². The zero-order valence-electron chi connectivity index (χ0n) is 18.0. The SMILES string of the molecule is COc1cccc2cc(C(=O)NCc3nc(N4CCCC4)nc(N4CCOCC4)n3)oc12. The molecule has 0 atom stereocenters. The largest absolute Gasteiger partial charge is 0.493 e. The molecule has 2 aromatic heterocycles. The van der Waals surface area contributed by atoms with Gasteiger partial charge in [0.05, 0.1) is 26.9 Å². The third kappa shape index (κ3) is 4.18. The molecule has 0 unspecified atom stereocenters. The van der Waals surface area contributed by atoms with Crippen LogP contribution in [0.3, 0.4) is 0 Å². The molecule has 0 spiro atoms. The monoisotopic (exact) mass is 438 g/mol. The maximum atomic E-state index is 12.8. The normalized spacial score (nSPS) is 16.5. The Labute approximate surface area is 185 Å². The molecular weight excluding hydrogens is 412 g/mol. The number of furan rings is 1. The van der Waals surface area contributed by atoms with E-state index in [2.05, 4.69) is 25.1 Å². The molecule has 5 rings (SSSR count). The number of carbonyl (C=O) groups is 1. The zero-order chi connectivity index (χ0) is 21.9. The molecule has 2 fully saturated rings. The van der Waals surface area contributed by atoms with E-state index in [1.54, 1.807) is 19.2 Å². The van der Waals surface area contributed by atoms with Gasteiger partial charge in [0.25, 0.3) is 5.91 Å².